The van der Waals surface area contributed by atoms with Gasteiger partial charge in [-0.2, -0.15) is 5.26 Å². The van der Waals surface area contributed by atoms with Crippen LogP contribution in [0.5, 0.6) is 0 Å². The van der Waals surface area contributed by atoms with Gasteiger partial charge in [-0.3, -0.25) is 13.9 Å². The first kappa shape index (κ1) is 16.6. The standard InChI is InChI=1S/C20H22N4O2/c1-23-17(15(11-21)18(25)24(2)19(23)26)22-12-14-10-20(14)9-5-7-13-6-3-4-8-16(13)20/h3-4,6,8,14,22H,5,7,9-10,12H2,1-2H3. The quantitative estimate of drug-likeness (QED) is 0.913. The van der Waals surface area contributed by atoms with Crippen LogP contribution in [0.2, 0.25) is 0 Å². The van der Waals surface area contributed by atoms with Gasteiger partial charge in [-0.25, -0.2) is 4.79 Å². The van der Waals surface area contributed by atoms with Crippen molar-refractivity contribution in [2.24, 2.45) is 20.0 Å². The van der Waals surface area contributed by atoms with E-state index in [2.05, 4.69) is 29.6 Å². The van der Waals surface area contributed by atoms with Crippen molar-refractivity contribution in [1.29, 1.82) is 5.26 Å². The molecule has 1 heterocycles. The lowest BCUT2D eigenvalue weighted by atomic mass is 9.78. The predicted molar refractivity (Wildman–Crippen MR) is 99.3 cm³/mol. The smallest absolute Gasteiger partial charge is 0.332 e. The predicted octanol–water partition coefficient (Wildman–Crippen LogP) is 1.66. The molecular formula is C20H22N4O2. The molecule has 1 N–H and O–H groups in total. The molecule has 1 fully saturated rings. The van der Waals surface area contributed by atoms with Crippen molar-refractivity contribution in [2.75, 3.05) is 11.9 Å². The summed E-state index contributed by atoms with van der Waals surface area (Å²) in [6.45, 7) is 0.656. The fourth-order valence-electron chi connectivity index (χ4n) is 4.61. The SMILES string of the molecule is Cn1c(NCC2CC23CCCc2ccccc23)c(C#N)c(=O)n(C)c1=O. The third-order valence-corrected chi connectivity index (χ3v) is 6.15. The van der Waals surface area contributed by atoms with Crippen LogP contribution in [0.25, 0.3) is 0 Å². The second kappa shape index (κ2) is 5.87. The number of anilines is 1. The fraction of sp³-hybridized carbons (Fsp3) is 0.450. The normalized spacial score (nSPS) is 23.3. The average Bonchev–Trinajstić information content (AvgIpc) is 3.35. The number of hydrogen-bond acceptors (Lipinski definition) is 4. The van der Waals surface area contributed by atoms with Gasteiger partial charge in [-0.05, 0) is 42.7 Å². The van der Waals surface area contributed by atoms with Crippen LogP contribution < -0.4 is 16.6 Å². The largest absolute Gasteiger partial charge is 0.370 e. The molecule has 134 valence electrons. The van der Waals surface area contributed by atoms with Gasteiger partial charge < -0.3 is 5.32 Å². The minimum absolute atomic E-state index is 0.00616. The van der Waals surface area contributed by atoms with Gasteiger partial charge in [0, 0.05) is 26.1 Å². The monoisotopic (exact) mass is 350 g/mol. The van der Waals surface area contributed by atoms with E-state index in [1.165, 1.54) is 35.6 Å². The summed E-state index contributed by atoms with van der Waals surface area (Å²) in [7, 11) is 2.98. The van der Waals surface area contributed by atoms with Crippen LogP contribution in [0.3, 0.4) is 0 Å². The van der Waals surface area contributed by atoms with E-state index < -0.39 is 11.2 Å². The van der Waals surface area contributed by atoms with Crippen LogP contribution in [0.1, 0.15) is 36.0 Å². The van der Waals surface area contributed by atoms with Crippen LogP contribution in [0.4, 0.5) is 5.82 Å². The molecule has 6 heteroatoms. The summed E-state index contributed by atoms with van der Waals surface area (Å²) < 4.78 is 2.32. The Morgan fingerprint density at radius 2 is 2.04 bits per heavy atom. The summed E-state index contributed by atoms with van der Waals surface area (Å²) >= 11 is 0. The Morgan fingerprint density at radius 3 is 2.81 bits per heavy atom. The maximum Gasteiger partial charge on any atom is 0.332 e. The van der Waals surface area contributed by atoms with Gasteiger partial charge in [-0.15, -0.1) is 0 Å². The third-order valence-electron chi connectivity index (χ3n) is 6.15. The fourth-order valence-corrected chi connectivity index (χ4v) is 4.61. The molecule has 1 aromatic carbocycles. The first-order valence-electron chi connectivity index (χ1n) is 9.02. The van der Waals surface area contributed by atoms with Crippen LogP contribution in [0.15, 0.2) is 33.9 Å². The maximum atomic E-state index is 12.2. The van der Waals surface area contributed by atoms with Crippen molar-refractivity contribution in [3.05, 3.63) is 61.8 Å². The molecule has 2 unspecified atom stereocenters. The van der Waals surface area contributed by atoms with E-state index in [-0.39, 0.29) is 11.0 Å². The Bertz CT molecular complexity index is 1040. The highest BCUT2D eigenvalue weighted by molar-refractivity contribution is 5.52. The van der Waals surface area contributed by atoms with E-state index in [9.17, 15) is 14.9 Å². The van der Waals surface area contributed by atoms with Crippen molar-refractivity contribution in [1.82, 2.24) is 9.13 Å². The molecule has 1 spiro atoms. The van der Waals surface area contributed by atoms with Crippen molar-refractivity contribution < 1.29 is 0 Å². The lowest BCUT2D eigenvalue weighted by Gasteiger charge is -2.27. The van der Waals surface area contributed by atoms with Gasteiger partial charge in [0.25, 0.3) is 5.56 Å². The molecular weight excluding hydrogens is 328 g/mol. The average molecular weight is 350 g/mol. The number of aryl methyl sites for hydroxylation is 1. The number of benzene rings is 1. The zero-order valence-corrected chi connectivity index (χ0v) is 15.1. The number of fused-ring (bicyclic) bond motifs is 2. The van der Waals surface area contributed by atoms with Crippen molar-refractivity contribution in [2.45, 2.75) is 31.1 Å². The Kier molecular flexibility index (Phi) is 3.76. The van der Waals surface area contributed by atoms with Gasteiger partial charge in [0.15, 0.2) is 5.56 Å². The molecule has 0 aliphatic heterocycles. The van der Waals surface area contributed by atoms with Gasteiger partial charge in [0.1, 0.15) is 11.9 Å². The van der Waals surface area contributed by atoms with Crippen LogP contribution in [-0.4, -0.2) is 15.7 Å². The van der Waals surface area contributed by atoms with Crippen LogP contribution in [-0.2, 0) is 25.9 Å². The molecule has 2 aliphatic carbocycles. The second-order valence-electron chi connectivity index (χ2n) is 7.49. The summed E-state index contributed by atoms with van der Waals surface area (Å²) in [5.41, 5.74) is 2.13. The summed E-state index contributed by atoms with van der Waals surface area (Å²) in [6.07, 6.45) is 4.62. The third kappa shape index (κ3) is 2.31. The molecule has 0 radical (unpaired) electrons. The van der Waals surface area contributed by atoms with Gasteiger partial charge in [-0.1, -0.05) is 24.3 Å². The first-order chi connectivity index (χ1) is 12.5. The maximum absolute atomic E-state index is 12.2. The molecule has 6 nitrogen and oxygen atoms in total. The molecule has 2 atom stereocenters. The Morgan fingerprint density at radius 1 is 1.27 bits per heavy atom. The van der Waals surface area contributed by atoms with E-state index in [1.54, 1.807) is 7.05 Å². The van der Waals surface area contributed by atoms with Crippen molar-refractivity contribution >= 4 is 5.82 Å². The van der Waals surface area contributed by atoms with E-state index in [4.69, 9.17) is 0 Å². The molecule has 0 saturated heterocycles. The highest BCUT2D eigenvalue weighted by Gasteiger charge is 2.56. The number of nitriles is 1. The zero-order chi connectivity index (χ0) is 18.5. The van der Waals surface area contributed by atoms with E-state index in [0.29, 0.717) is 18.3 Å². The molecule has 4 rings (SSSR count). The second-order valence-corrected chi connectivity index (χ2v) is 7.49. The summed E-state index contributed by atoms with van der Waals surface area (Å²) in [4.78, 5) is 24.4. The van der Waals surface area contributed by atoms with Gasteiger partial charge in [0.2, 0.25) is 0 Å². The Labute approximate surface area is 151 Å². The van der Waals surface area contributed by atoms with Crippen LogP contribution in [0, 0.1) is 17.2 Å². The molecule has 26 heavy (non-hydrogen) atoms. The number of nitrogens with one attached hydrogen (secondary N) is 1. The van der Waals surface area contributed by atoms with E-state index >= 15 is 0 Å². The summed E-state index contributed by atoms with van der Waals surface area (Å²) in [5, 5.41) is 12.6. The number of nitrogens with zero attached hydrogens (tertiary/aromatic N) is 3. The Balaban J connectivity index is 1.61. The molecule has 2 aliphatic rings. The molecule has 1 aromatic heterocycles. The van der Waals surface area contributed by atoms with Crippen molar-refractivity contribution in [3.8, 4) is 6.07 Å². The number of rotatable bonds is 3. The van der Waals surface area contributed by atoms with Gasteiger partial charge in [0.05, 0.1) is 0 Å². The highest BCUT2D eigenvalue weighted by atomic mass is 16.2. The Hall–Kier alpha value is -2.81. The van der Waals surface area contributed by atoms with Crippen molar-refractivity contribution in [3.63, 3.8) is 0 Å². The minimum atomic E-state index is -0.549. The number of aromatic nitrogens is 2. The molecule has 1 saturated carbocycles. The summed E-state index contributed by atoms with van der Waals surface area (Å²) in [6, 6.07) is 10.6. The minimum Gasteiger partial charge on any atom is -0.370 e. The topological polar surface area (TPSA) is 79.8 Å². The van der Waals surface area contributed by atoms with E-state index in [1.807, 2.05) is 6.07 Å². The lowest BCUT2D eigenvalue weighted by molar-refractivity contribution is 0.502. The van der Waals surface area contributed by atoms with Gasteiger partial charge >= 0.3 is 5.69 Å². The number of hydrogen-bond donors (Lipinski definition) is 1. The molecule has 0 bridgehead atoms. The lowest BCUT2D eigenvalue weighted by Crippen LogP contribution is -2.40. The van der Waals surface area contributed by atoms with Crippen LogP contribution >= 0.6 is 0 Å². The van der Waals surface area contributed by atoms with E-state index in [0.717, 1.165) is 17.4 Å². The molecule has 0 amide bonds. The highest BCUT2D eigenvalue weighted by Crippen LogP contribution is 2.60. The molecule has 2 aromatic rings. The first-order valence-corrected chi connectivity index (χ1v) is 9.02. The summed E-state index contributed by atoms with van der Waals surface area (Å²) in [5.74, 6) is 0.779. The zero-order valence-electron chi connectivity index (χ0n) is 15.1.